The predicted octanol–water partition coefficient (Wildman–Crippen LogP) is 2.27. The van der Waals surface area contributed by atoms with Crippen molar-refractivity contribution < 1.29 is 28.4 Å². The van der Waals surface area contributed by atoms with Crippen molar-refractivity contribution in [3.63, 3.8) is 0 Å². The molecule has 1 fully saturated rings. The summed E-state index contributed by atoms with van der Waals surface area (Å²) < 4.78 is 18.8. The van der Waals surface area contributed by atoms with E-state index in [1.807, 2.05) is 0 Å². The van der Waals surface area contributed by atoms with Crippen molar-refractivity contribution in [1.82, 2.24) is 0 Å². The maximum atomic E-state index is 13.9. The Morgan fingerprint density at radius 2 is 2.00 bits per heavy atom. The fraction of sp³-hybridized carbons (Fsp3) is 0.211. The normalized spacial score (nSPS) is 15.8. The number of non-ortho nitro benzene ring substituents is 1. The lowest BCUT2D eigenvalue weighted by Gasteiger charge is -2.17. The number of amides is 2. The molecule has 150 valence electrons. The monoisotopic (exact) mass is 401 g/mol. The van der Waals surface area contributed by atoms with E-state index in [-0.39, 0.29) is 30.0 Å². The summed E-state index contributed by atoms with van der Waals surface area (Å²) in [5.41, 5.74) is 0.0655. The van der Waals surface area contributed by atoms with Crippen molar-refractivity contribution >= 4 is 34.8 Å². The third kappa shape index (κ3) is 4.72. The summed E-state index contributed by atoms with van der Waals surface area (Å²) >= 11 is 0. The van der Waals surface area contributed by atoms with Gasteiger partial charge in [-0.3, -0.25) is 24.5 Å². The number of carbonyl (C=O) groups is 3. The Morgan fingerprint density at radius 1 is 1.24 bits per heavy atom. The first-order valence-corrected chi connectivity index (χ1v) is 8.61. The Morgan fingerprint density at radius 3 is 2.72 bits per heavy atom. The quantitative estimate of drug-likeness (QED) is 0.451. The molecule has 1 aliphatic rings. The first kappa shape index (κ1) is 19.9. The van der Waals surface area contributed by atoms with E-state index in [0.717, 1.165) is 0 Å². The van der Waals surface area contributed by atoms with Gasteiger partial charge in [0.25, 0.3) is 11.6 Å². The Labute approximate surface area is 164 Å². The number of ether oxygens (including phenoxy) is 1. The number of hydrogen-bond acceptors (Lipinski definition) is 6. The van der Waals surface area contributed by atoms with E-state index in [4.69, 9.17) is 4.74 Å². The second-order valence-electron chi connectivity index (χ2n) is 6.32. The number of benzene rings is 2. The number of nitrogens with zero attached hydrogens (tertiary/aromatic N) is 2. The molecule has 1 saturated heterocycles. The van der Waals surface area contributed by atoms with Crippen LogP contribution in [0.5, 0.6) is 0 Å². The fourth-order valence-electron chi connectivity index (χ4n) is 2.92. The molecule has 0 aliphatic carbocycles. The molecule has 1 atom stereocenters. The van der Waals surface area contributed by atoms with Gasteiger partial charge in [0, 0.05) is 30.8 Å². The molecule has 2 aromatic carbocycles. The number of nitro groups is 1. The lowest BCUT2D eigenvalue weighted by atomic mass is 10.1. The molecule has 0 aromatic heterocycles. The number of hydrogen-bond donors (Lipinski definition) is 1. The molecule has 2 amide bonds. The van der Waals surface area contributed by atoms with Crippen LogP contribution in [0.3, 0.4) is 0 Å². The van der Waals surface area contributed by atoms with E-state index >= 15 is 0 Å². The molecule has 9 nitrogen and oxygen atoms in total. The molecule has 1 N–H and O–H groups in total. The molecule has 1 heterocycles. The average molecular weight is 401 g/mol. The second kappa shape index (κ2) is 8.46. The van der Waals surface area contributed by atoms with Gasteiger partial charge in [0.2, 0.25) is 5.91 Å². The highest BCUT2D eigenvalue weighted by atomic mass is 19.1. The zero-order valence-electron chi connectivity index (χ0n) is 15.0. The van der Waals surface area contributed by atoms with E-state index in [1.54, 1.807) is 6.07 Å². The molecule has 0 radical (unpaired) electrons. The number of nitrogens with one attached hydrogen (secondary N) is 1. The molecule has 0 spiro atoms. The Bertz CT molecular complexity index is 980. The third-order valence-electron chi connectivity index (χ3n) is 4.29. The van der Waals surface area contributed by atoms with E-state index < -0.39 is 41.0 Å². The van der Waals surface area contributed by atoms with Crippen molar-refractivity contribution in [2.45, 2.75) is 6.42 Å². The van der Waals surface area contributed by atoms with E-state index in [9.17, 15) is 28.9 Å². The summed E-state index contributed by atoms with van der Waals surface area (Å²) in [5, 5.41) is 13.1. The number of nitro benzene ring substituents is 1. The Balaban J connectivity index is 1.54. The number of para-hydroxylation sites is 1. The van der Waals surface area contributed by atoms with E-state index in [1.165, 1.54) is 47.4 Å². The highest BCUT2D eigenvalue weighted by Gasteiger charge is 2.37. The largest absolute Gasteiger partial charge is 0.455 e. The molecule has 10 heteroatoms. The third-order valence-corrected chi connectivity index (χ3v) is 4.29. The van der Waals surface area contributed by atoms with Gasteiger partial charge in [0.05, 0.1) is 16.5 Å². The van der Waals surface area contributed by atoms with Crippen LogP contribution in [0, 0.1) is 21.8 Å². The van der Waals surface area contributed by atoms with Crippen LogP contribution in [-0.2, 0) is 19.1 Å². The fourth-order valence-corrected chi connectivity index (χ4v) is 2.92. The average Bonchev–Trinajstić information content (AvgIpc) is 3.08. The predicted molar refractivity (Wildman–Crippen MR) is 99.5 cm³/mol. The van der Waals surface area contributed by atoms with Crippen molar-refractivity contribution in [2.24, 2.45) is 5.92 Å². The van der Waals surface area contributed by atoms with Crippen LogP contribution < -0.4 is 10.2 Å². The lowest BCUT2D eigenvalue weighted by molar-refractivity contribution is -0.384. The summed E-state index contributed by atoms with van der Waals surface area (Å²) in [5.74, 6) is -3.27. The summed E-state index contributed by atoms with van der Waals surface area (Å²) in [4.78, 5) is 47.6. The highest BCUT2D eigenvalue weighted by Crippen LogP contribution is 2.27. The van der Waals surface area contributed by atoms with Crippen LogP contribution in [0.2, 0.25) is 0 Å². The lowest BCUT2D eigenvalue weighted by Crippen LogP contribution is -2.28. The molecule has 0 saturated carbocycles. The summed E-state index contributed by atoms with van der Waals surface area (Å²) in [6.07, 6.45) is -0.153. The van der Waals surface area contributed by atoms with Gasteiger partial charge < -0.3 is 15.0 Å². The minimum atomic E-state index is -0.826. The summed E-state index contributed by atoms with van der Waals surface area (Å²) in [7, 11) is 0. The van der Waals surface area contributed by atoms with E-state index in [2.05, 4.69) is 5.32 Å². The van der Waals surface area contributed by atoms with Crippen LogP contribution in [0.15, 0.2) is 48.5 Å². The number of esters is 1. The maximum absolute atomic E-state index is 13.9. The van der Waals surface area contributed by atoms with Gasteiger partial charge >= 0.3 is 5.97 Å². The Hall–Kier alpha value is -3.82. The molecular formula is C19H16FN3O6. The zero-order valence-corrected chi connectivity index (χ0v) is 15.0. The minimum absolute atomic E-state index is 0.0505. The maximum Gasteiger partial charge on any atom is 0.311 e. The van der Waals surface area contributed by atoms with Crippen LogP contribution in [0.25, 0.3) is 0 Å². The molecule has 0 bridgehead atoms. The van der Waals surface area contributed by atoms with Crippen LogP contribution in [0.1, 0.15) is 6.42 Å². The van der Waals surface area contributed by atoms with E-state index in [0.29, 0.717) is 0 Å². The molecular weight excluding hydrogens is 385 g/mol. The molecule has 29 heavy (non-hydrogen) atoms. The molecule has 3 rings (SSSR count). The van der Waals surface area contributed by atoms with Crippen molar-refractivity contribution in [1.29, 1.82) is 0 Å². The number of rotatable bonds is 6. The highest BCUT2D eigenvalue weighted by molar-refractivity contribution is 6.00. The number of carbonyl (C=O) groups excluding carboxylic acids is 3. The molecule has 2 aromatic rings. The minimum Gasteiger partial charge on any atom is -0.455 e. The SMILES string of the molecule is O=C(COC(=O)[C@@H]1CC(=O)N(c2ccccc2F)C1)Nc1cccc([N+](=O)[O-])c1. The van der Waals surface area contributed by atoms with Crippen LogP contribution in [0.4, 0.5) is 21.5 Å². The van der Waals surface area contributed by atoms with Gasteiger partial charge in [-0.15, -0.1) is 0 Å². The first-order valence-electron chi connectivity index (χ1n) is 8.61. The van der Waals surface area contributed by atoms with Crippen LogP contribution >= 0.6 is 0 Å². The smallest absolute Gasteiger partial charge is 0.311 e. The van der Waals surface area contributed by atoms with Gasteiger partial charge in [0.1, 0.15) is 5.82 Å². The van der Waals surface area contributed by atoms with Crippen LogP contribution in [-0.4, -0.2) is 35.9 Å². The number of halogens is 1. The topological polar surface area (TPSA) is 119 Å². The zero-order chi connectivity index (χ0) is 21.0. The summed E-state index contributed by atoms with van der Waals surface area (Å²) in [6, 6.07) is 11.0. The second-order valence-corrected chi connectivity index (χ2v) is 6.32. The van der Waals surface area contributed by atoms with Crippen molar-refractivity contribution in [2.75, 3.05) is 23.4 Å². The van der Waals surface area contributed by atoms with Gasteiger partial charge in [0.15, 0.2) is 6.61 Å². The summed E-state index contributed by atoms with van der Waals surface area (Å²) in [6.45, 7) is -0.670. The van der Waals surface area contributed by atoms with Crippen molar-refractivity contribution in [3.8, 4) is 0 Å². The molecule has 1 aliphatic heterocycles. The van der Waals surface area contributed by atoms with Gasteiger partial charge in [-0.2, -0.15) is 0 Å². The van der Waals surface area contributed by atoms with Gasteiger partial charge in [-0.25, -0.2) is 4.39 Å². The first-order chi connectivity index (χ1) is 13.8. The number of anilines is 2. The molecule has 0 unspecified atom stereocenters. The standard InChI is InChI=1S/C19H16FN3O6/c20-15-6-1-2-7-16(15)22-10-12(8-18(22)25)19(26)29-11-17(24)21-13-4-3-5-14(9-13)23(27)28/h1-7,9,12H,8,10-11H2,(H,21,24)/t12-/m1/s1. The Kier molecular flexibility index (Phi) is 5.82. The van der Waals surface area contributed by atoms with Gasteiger partial charge in [-0.05, 0) is 18.2 Å². The van der Waals surface area contributed by atoms with Crippen molar-refractivity contribution in [3.05, 3.63) is 64.5 Å². The van der Waals surface area contributed by atoms with Gasteiger partial charge in [-0.1, -0.05) is 18.2 Å².